The minimum atomic E-state index is 0.287. The number of hydrogen-bond donors (Lipinski definition) is 0. The van der Waals surface area contributed by atoms with Crippen LogP contribution in [0, 0.1) is 20.3 Å². The van der Waals surface area contributed by atoms with Gasteiger partial charge in [0.15, 0.2) is 0 Å². The summed E-state index contributed by atoms with van der Waals surface area (Å²) >= 11 is 0. The van der Waals surface area contributed by atoms with Gasteiger partial charge in [-0.05, 0) is 65.2 Å². The van der Waals surface area contributed by atoms with Crippen molar-refractivity contribution in [3.05, 3.63) is 42.6 Å². The Labute approximate surface area is 179 Å². The van der Waals surface area contributed by atoms with Crippen LogP contribution in [0.25, 0.3) is 0 Å². The zero-order valence-electron chi connectivity index (χ0n) is 18.1. The molecule has 0 N–H and O–H groups in total. The van der Waals surface area contributed by atoms with E-state index in [1.807, 2.05) is 12.4 Å². The van der Waals surface area contributed by atoms with Crippen molar-refractivity contribution in [2.75, 3.05) is 16.5 Å². The van der Waals surface area contributed by atoms with Gasteiger partial charge in [-0.1, -0.05) is 6.42 Å². The molecular formula is C23H32N7. The fourth-order valence-electron chi connectivity index (χ4n) is 4.67. The fraction of sp³-hybridized carbons (Fsp3) is 0.609. The van der Waals surface area contributed by atoms with Gasteiger partial charge in [0.05, 0.1) is 0 Å². The first kappa shape index (κ1) is 19.7. The first-order valence-corrected chi connectivity index (χ1v) is 11.4. The zero-order valence-corrected chi connectivity index (χ0v) is 18.1. The van der Waals surface area contributed by atoms with Crippen LogP contribution in [0.2, 0.25) is 0 Å². The Bertz CT molecular complexity index is 793. The molecule has 2 aromatic rings. The Morgan fingerprint density at radius 3 is 2.13 bits per heavy atom. The summed E-state index contributed by atoms with van der Waals surface area (Å²) < 4.78 is 0. The van der Waals surface area contributed by atoms with Crippen molar-refractivity contribution in [3.63, 3.8) is 0 Å². The van der Waals surface area contributed by atoms with Crippen LogP contribution in [0.4, 0.5) is 11.6 Å². The lowest BCUT2D eigenvalue weighted by molar-refractivity contribution is 0.147. The summed E-state index contributed by atoms with van der Waals surface area (Å²) in [5, 5.41) is 5.12. The van der Waals surface area contributed by atoms with E-state index in [9.17, 15) is 0 Å². The van der Waals surface area contributed by atoms with E-state index in [0.717, 1.165) is 42.1 Å². The normalized spacial score (nSPS) is 22.9. The van der Waals surface area contributed by atoms with Gasteiger partial charge in [-0.3, -0.25) is 5.01 Å². The number of anilines is 2. The molecule has 2 saturated carbocycles. The molecular weight excluding hydrogens is 374 g/mol. The number of hydrazine groups is 1. The van der Waals surface area contributed by atoms with E-state index >= 15 is 0 Å². The third-order valence-electron chi connectivity index (χ3n) is 6.40. The first-order valence-electron chi connectivity index (χ1n) is 11.4. The number of hydrogen-bond acceptors (Lipinski definition) is 7. The first-order chi connectivity index (χ1) is 14.7. The molecule has 1 aliphatic heterocycles. The van der Waals surface area contributed by atoms with E-state index in [4.69, 9.17) is 9.97 Å². The second kappa shape index (κ2) is 8.46. The number of aryl methyl sites for hydroxylation is 2. The molecule has 7 nitrogen and oxygen atoms in total. The highest BCUT2D eigenvalue weighted by Gasteiger charge is 2.43. The van der Waals surface area contributed by atoms with Gasteiger partial charge in [0.1, 0.15) is 30.5 Å². The van der Waals surface area contributed by atoms with Crippen LogP contribution in [-0.4, -0.2) is 49.7 Å². The highest BCUT2D eigenvalue weighted by Crippen LogP contribution is 2.40. The van der Waals surface area contributed by atoms with Crippen LogP contribution < -0.4 is 9.91 Å². The standard InChI is InChI=1S/C23H32N7/c1-17-13-24-15-26-22(17)29(19-8-9-19)21-7-5-3-4-6-12-28(21)30(20-10-11-20)23-18(2)14-25-16-27-23/h4,13-16,19-21H,3,5-12H2,1-2H3. The number of rotatable bonds is 6. The van der Waals surface area contributed by atoms with Gasteiger partial charge in [-0.2, -0.15) is 5.01 Å². The van der Waals surface area contributed by atoms with Crippen molar-refractivity contribution in [1.29, 1.82) is 0 Å². The number of aromatic nitrogens is 4. The van der Waals surface area contributed by atoms with Crippen molar-refractivity contribution >= 4 is 11.6 Å². The maximum atomic E-state index is 4.75. The zero-order chi connectivity index (χ0) is 20.5. The van der Waals surface area contributed by atoms with E-state index in [0.29, 0.717) is 12.1 Å². The van der Waals surface area contributed by atoms with Crippen LogP contribution in [0.3, 0.4) is 0 Å². The number of nitrogens with zero attached hydrogens (tertiary/aromatic N) is 7. The average molecular weight is 407 g/mol. The Hall–Kier alpha value is -2.28. The summed E-state index contributed by atoms with van der Waals surface area (Å²) in [4.78, 5) is 20.6. The average Bonchev–Trinajstić information content (AvgIpc) is 3.63. The van der Waals surface area contributed by atoms with Crippen LogP contribution in [0.15, 0.2) is 25.0 Å². The van der Waals surface area contributed by atoms with Gasteiger partial charge < -0.3 is 4.90 Å². The predicted octanol–water partition coefficient (Wildman–Crippen LogP) is 3.84. The third-order valence-corrected chi connectivity index (χ3v) is 6.40. The van der Waals surface area contributed by atoms with E-state index in [2.05, 4.69) is 45.2 Å². The van der Waals surface area contributed by atoms with Crippen LogP contribution in [0.1, 0.15) is 62.5 Å². The van der Waals surface area contributed by atoms with Gasteiger partial charge in [-0.25, -0.2) is 19.9 Å². The lowest BCUT2D eigenvalue weighted by Crippen LogP contribution is -2.59. The monoisotopic (exact) mass is 406 g/mol. The Balaban J connectivity index is 1.56. The minimum absolute atomic E-state index is 0.287. The van der Waals surface area contributed by atoms with E-state index in [-0.39, 0.29) is 6.17 Å². The van der Waals surface area contributed by atoms with Crippen LogP contribution in [-0.2, 0) is 0 Å². The Kier molecular flexibility index (Phi) is 5.54. The van der Waals surface area contributed by atoms with E-state index in [1.165, 1.54) is 38.5 Å². The minimum Gasteiger partial charge on any atom is -0.336 e. The predicted molar refractivity (Wildman–Crippen MR) is 118 cm³/mol. The van der Waals surface area contributed by atoms with Gasteiger partial charge in [0, 0.05) is 42.1 Å². The molecule has 0 aromatic carbocycles. The van der Waals surface area contributed by atoms with Crippen molar-refractivity contribution < 1.29 is 0 Å². The fourth-order valence-corrected chi connectivity index (χ4v) is 4.67. The molecule has 7 heteroatoms. The Morgan fingerprint density at radius 2 is 1.50 bits per heavy atom. The van der Waals surface area contributed by atoms with Crippen molar-refractivity contribution in [1.82, 2.24) is 24.9 Å². The molecule has 1 unspecified atom stereocenters. The lowest BCUT2D eigenvalue weighted by atomic mass is 10.1. The summed E-state index contributed by atoms with van der Waals surface area (Å²) in [6, 6.07) is 1.11. The highest BCUT2D eigenvalue weighted by atomic mass is 15.7. The summed E-state index contributed by atoms with van der Waals surface area (Å²) in [6.07, 6.45) is 19.6. The largest absolute Gasteiger partial charge is 0.336 e. The maximum absolute atomic E-state index is 4.75. The summed E-state index contributed by atoms with van der Waals surface area (Å²) in [5.74, 6) is 2.16. The smallest absolute Gasteiger partial charge is 0.149 e. The van der Waals surface area contributed by atoms with E-state index in [1.54, 1.807) is 12.7 Å². The molecule has 3 aliphatic rings. The summed E-state index contributed by atoms with van der Waals surface area (Å²) in [6.45, 7) is 5.28. The molecule has 3 fully saturated rings. The molecule has 0 spiro atoms. The quantitative estimate of drug-likeness (QED) is 0.722. The van der Waals surface area contributed by atoms with Crippen molar-refractivity contribution in [3.8, 4) is 0 Å². The molecule has 1 saturated heterocycles. The molecule has 30 heavy (non-hydrogen) atoms. The SMILES string of the molecule is Cc1cncnc1N(C1CC1)C1CCC[CH]CCN1N(c1ncncc1C)C1CC1. The van der Waals surface area contributed by atoms with Crippen LogP contribution in [0.5, 0.6) is 0 Å². The Morgan fingerprint density at radius 1 is 0.833 bits per heavy atom. The van der Waals surface area contributed by atoms with E-state index < -0.39 is 0 Å². The van der Waals surface area contributed by atoms with Gasteiger partial charge in [-0.15, -0.1) is 0 Å². The van der Waals surface area contributed by atoms with Gasteiger partial charge in [0.2, 0.25) is 0 Å². The topological polar surface area (TPSA) is 61.3 Å². The molecule has 159 valence electrons. The van der Waals surface area contributed by atoms with Gasteiger partial charge in [0.25, 0.3) is 0 Å². The molecule has 5 rings (SSSR count). The van der Waals surface area contributed by atoms with Crippen molar-refractivity contribution in [2.24, 2.45) is 0 Å². The summed E-state index contributed by atoms with van der Waals surface area (Å²) in [7, 11) is 0. The highest BCUT2D eigenvalue weighted by molar-refractivity contribution is 5.50. The second-order valence-corrected chi connectivity index (χ2v) is 8.92. The molecule has 1 atom stereocenters. The molecule has 0 bridgehead atoms. The molecule has 1 radical (unpaired) electrons. The molecule has 2 aliphatic carbocycles. The molecule has 0 amide bonds. The van der Waals surface area contributed by atoms with Gasteiger partial charge >= 0.3 is 0 Å². The molecule has 2 aromatic heterocycles. The second-order valence-electron chi connectivity index (χ2n) is 8.92. The molecule has 3 heterocycles. The van der Waals surface area contributed by atoms with Crippen molar-refractivity contribution in [2.45, 2.75) is 83.5 Å². The van der Waals surface area contributed by atoms with Crippen LogP contribution >= 0.6 is 0 Å². The lowest BCUT2D eigenvalue weighted by Gasteiger charge is -2.47. The maximum Gasteiger partial charge on any atom is 0.149 e. The third kappa shape index (κ3) is 4.00. The summed E-state index contributed by atoms with van der Waals surface area (Å²) in [5.41, 5.74) is 2.31.